The van der Waals surface area contributed by atoms with Gasteiger partial charge in [0, 0.05) is 22.8 Å². The molecule has 0 aromatic heterocycles. The van der Waals surface area contributed by atoms with Crippen LogP contribution in [0.3, 0.4) is 0 Å². The fourth-order valence-corrected chi connectivity index (χ4v) is 6.54. The van der Waals surface area contributed by atoms with Crippen LogP contribution in [0.4, 0.5) is 0 Å². The van der Waals surface area contributed by atoms with Gasteiger partial charge in [-0.25, -0.2) is 0 Å². The SMILES string of the molecule is CC12CC1N1C(=O)C(CC(Cl)(Cl)Cl)(NC(=O)C(OC=O)c3ccccc3)[C@@H]1S2. The molecule has 2 heterocycles. The van der Waals surface area contributed by atoms with Crippen LogP contribution in [0.2, 0.25) is 0 Å². The van der Waals surface area contributed by atoms with Crippen molar-refractivity contribution in [2.24, 2.45) is 0 Å². The minimum absolute atomic E-state index is 0.0292. The van der Waals surface area contributed by atoms with E-state index in [1.807, 2.05) is 0 Å². The summed E-state index contributed by atoms with van der Waals surface area (Å²) in [6.07, 6.45) is -0.461. The van der Waals surface area contributed by atoms with Gasteiger partial charge < -0.3 is 15.0 Å². The summed E-state index contributed by atoms with van der Waals surface area (Å²) in [5, 5.41) is 2.44. The highest BCUT2D eigenvalue weighted by atomic mass is 35.6. The second-order valence-electron chi connectivity index (χ2n) is 7.49. The first-order valence-electron chi connectivity index (χ1n) is 8.65. The number of alkyl halides is 3. The van der Waals surface area contributed by atoms with E-state index in [0.29, 0.717) is 5.56 Å². The molecule has 2 saturated heterocycles. The number of ether oxygens (including phenoxy) is 1. The molecule has 0 radical (unpaired) electrons. The number of amides is 2. The van der Waals surface area contributed by atoms with Crippen LogP contribution in [0.15, 0.2) is 30.3 Å². The first-order chi connectivity index (χ1) is 13.1. The van der Waals surface area contributed by atoms with E-state index in [1.54, 1.807) is 47.0 Å². The molecule has 1 aromatic carbocycles. The van der Waals surface area contributed by atoms with Crippen molar-refractivity contribution in [1.82, 2.24) is 10.2 Å². The van der Waals surface area contributed by atoms with Crippen molar-refractivity contribution in [3.8, 4) is 0 Å². The number of halogens is 3. The summed E-state index contributed by atoms with van der Waals surface area (Å²) in [5.74, 6) is -0.902. The zero-order valence-corrected chi connectivity index (χ0v) is 17.8. The number of hydrogen-bond acceptors (Lipinski definition) is 5. The number of fused-ring (bicyclic) bond motifs is 3. The van der Waals surface area contributed by atoms with Gasteiger partial charge in [-0.3, -0.25) is 14.4 Å². The summed E-state index contributed by atoms with van der Waals surface area (Å²) in [5.41, 5.74) is -0.878. The molecule has 0 bridgehead atoms. The lowest BCUT2D eigenvalue weighted by molar-refractivity contribution is -0.162. The number of carbonyl (C=O) groups is 3. The average Bonchev–Trinajstić information content (AvgIpc) is 3.20. The molecule has 1 N–H and O–H groups in total. The van der Waals surface area contributed by atoms with Crippen LogP contribution in [0, 0.1) is 0 Å². The van der Waals surface area contributed by atoms with Gasteiger partial charge in [0.05, 0.1) is 0 Å². The van der Waals surface area contributed by atoms with Gasteiger partial charge in [0.1, 0.15) is 5.37 Å². The largest absolute Gasteiger partial charge is 0.449 e. The summed E-state index contributed by atoms with van der Waals surface area (Å²) in [6.45, 7) is 2.28. The monoisotopic (exact) mass is 462 g/mol. The summed E-state index contributed by atoms with van der Waals surface area (Å²) >= 11 is 19.7. The second-order valence-corrected chi connectivity index (χ2v) is 11.6. The maximum Gasteiger partial charge on any atom is 0.294 e. The number of nitrogens with zero attached hydrogens (tertiary/aromatic N) is 1. The molecule has 0 spiro atoms. The van der Waals surface area contributed by atoms with Gasteiger partial charge in [0.2, 0.25) is 6.10 Å². The van der Waals surface area contributed by atoms with Crippen LogP contribution in [0.5, 0.6) is 0 Å². The molecule has 1 saturated carbocycles. The normalized spacial score (nSPS) is 34.0. The minimum atomic E-state index is -1.74. The van der Waals surface area contributed by atoms with Crippen molar-refractivity contribution >= 4 is 64.9 Å². The fraction of sp³-hybridized carbons (Fsp3) is 0.500. The molecule has 28 heavy (non-hydrogen) atoms. The highest BCUT2D eigenvalue weighted by molar-refractivity contribution is 8.02. The third-order valence-electron chi connectivity index (χ3n) is 5.51. The molecule has 150 valence electrons. The van der Waals surface area contributed by atoms with Gasteiger partial charge in [0.15, 0.2) is 9.33 Å². The second kappa shape index (κ2) is 6.69. The molecule has 4 unspecified atom stereocenters. The molecule has 1 aromatic rings. The van der Waals surface area contributed by atoms with Crippen molar-refractivity contribution in [2.75, 3.05) is 0 Å². The lowest BCUT2D eigenvalue weighted by Crippen LogP contribution is -2.79. The lowest BCUT2D eigenvalue weighted by Gasteiger charge is -2.54. The Kier molecular flexibility index (Phi) is 4.81. The van der Waals surface area contributed by atoms with E-state index in [1.165, 1.54) is 0 Å². The van der Waals surface area contributed by atoms with Crippen LogP contribution in [0.1, 0.15) is 31.4 Å². The van der Waals surface area contributed by atoms with Gasteiger partial charge in [0.25, 0.3) is 18.3 Å². The Bertz CT molecular complexity index is 836. The summed E-state index contributed by atoms with van der Waals surface area (Å²) < 4.78 is 3.24. The van der Waals surface area contributed by atoms with Gasteiger partial charge in [-0.1, -0.05) is 65.1 Å². The number of β-lactam (4-membered cyclic amide) rings is 1. The highest BCUT2D eigenvalue weighted by Gasteiger charge is 2.77. The molecule has 2 amide bonds. The molecule has 2 aliphatic heterocycles. The highest BCUT2D eigenvalue weighted by Crippen LogP contribution is 2.67. The van der Waals surface area contributed by atoms with Crippen molar-refractivity contribution in [2.45, 2.75) is 51.4 Å². The zero-order chi connectivity index (χ0) is 20.3. The first kappa shape index (κ1) is 20.1. The Morgan fingerprint density at radius 2 is 2.11 bits per heavy atom. The minimum Gasteiger partial charge on any atom is -0.449 e. The molecule has 10 heteroatoms. The summed E-state index contributed by atoms with van der Waals surface area (Å²) in [4.78, 5) is 38.8. The zero-order valence-electron chi connectivity index (χ0n) is 14.7. The van der Waals surface area contributed by atoms with Crippen molar-refractivity contribution in [1.29, 1.82) is 0 Å². The van der Waals surface area contributed by atoms with E-state index < -0.39 is 21.3 Å². The number of nitrogens with one attached hydrogen (secondary N) is 1. The number of hydrogen-bond donors (Lipinski definition) is 1. The summed E-state index contributed by atoms with van der Waals surface area (Å²) in [6, 6.07) is 8.68. The smallest absolute Gasteiger partial charge is 0.294 e. The molecule has 3 fully saturated rings. The molecule has 4 rings (SSSR count). The predicted octanol–water partition coefficient (Wildman–Crippen LogP) is 2.96. The predicted molar refractivity (Wildman–Crippen MR) is 107 cm³/mol. The summed E-state index contributed by atoms with van der Waals surface area (Å²) in [7, 11) is 0. The van der Waals surface area contributed by atoms with Gasteiger partial charge >= 0.3 is 0 Å². The fourth-order valence-electron chi connectivity index (χ4n) is 4.07. The van der Waals surface area contributed by atoms with E-state index in [9.17, 15) is 14.4 Å². The Morgan fingerprint density at radius 3 is 2.71 bits per heavy atom. The molecular weight excluding hydrogens is 447 g/mol. The van der Waals surface area contributed by atoms with Crippen molar-refractivity contribution in [3.05, 3.63) is 35.9 Å². The van der Waals surface area contributed by atoms with Gasteiger partial charge in [-0.05, 0) is 13.3 Å². The van der Waals surface area contributed by atoms with Crippen LogP contribution in [-0.2, 0) is 19.1 Å². The molecule has 1 aliphatic carbocycles. The topological polar surface area (TPSA) is 75.7 Å². The number of thioether (sulfide) groups is 1. The van der Waals surface area contributed by atoms with E-state index in [-0.39, 0.29) is 35.0 Å². The Morgan fingerprint density at radius 1 is 1.43 bits per heavy atom. The van der Waals surface area contributed by atoms with E-state index in [0.717, 1.165) is 6.42 Å². The Balaban J connectivity index is 1.62. The van der Waals surface area contributed by atoms with E-state index >= 15 is 0 Å². The molecular formula is C18H17Cl3N2O4S. The number of carbonyl (C=O) groups excluding carboxylic acids is 3. The lowest BCUT2D eigenvalue weighted by atomic mass is 9.84. The van der Waals surface area contributed by atoms with Crippen molar-refractivity contribution < 1.29 is 19.1 Å². The average molecular weight is 464 g/mol. The third kappa shape index (κ3) is 3.16. The van der Waals surface area contributed by atoms with Crippen molar-refractivity contribution in [3.63, 3.8) is 0 Å². The first-order valence-corrected chi connectivity index (χ1v) is 10.7. The van der Waals surface area contributed by atoms with Gasteiger partial charge in [-0.15, -0.1) is 11.8 Å². The van der Waals surface area contributed by atoms with Crippen LogP contribution in [-0.4, -0.2) is 48.7 Å². The third-order valence-corrected chi connectivity index (χ3v) is 7.74. The quantitative estimate of drug-likeness (QED) is 0.399. The van der Waals surface area contributed by atoms with Crippen LogP contribution in [0.25, 0.3) is 0 Å². The number of benzene rings is 1. The molecule has 6 nitrogen and oxygen atoms in total. The van der Waals surface area contributed by atoms with E-state index in [4.69, 9.17) is 39.5 Å². The van der Waals surface area contributed by atoms with E-state index in [2.05, 4.69) is 12.2 Å². The van der Waals surface area contributed by atoms with Crippen LogP contribution < -0.4 is 5.32 Å². The maximum atomic E-state index is 13.1. The molecule has 5 atom stereocenters. The Labute approximate surface area is 181 Å². The molecule has 3 aliphatic rings. The number of rotatable bonds is 6. The van der Waals surface area contributed by atoms with Crippen LogP contribution >= 0.6 is 46.6 Å². The standard InChI is InChI=1S/C18H17Cl3N2O4S/c1-16-7-11(16)23-14(26)17(15(23)28-16,8-18(19,20)21)22-13(25)12(27-9-24)10-5-3-2-4-6-10/h2-6,9,11-12,15H,7-8H2,1H3,(H,22,25)/t11?,12?,15-,16?,17?/m0/s1. The van der Waals surface area contributed by atoms with Gasteiger partial charge in [-0.2, -0.15) is 0 Å². The Hall–Kier alpha value is -1.15. The maximum absolute atomic E-state index is 13.1.